The van der Waals surface area contributed by atoms with E-state index in [-0.39, 0.29) is 29.6 Å². The third kappa shape index (κ3) is 2.92. The fourth-order valence-electron chi connectivity index (χ4n) is 0.360. The predicted octanol–water partition coefficient (Wildman–Crippen LogP) is -4.58. The minimum absolute atomic E-state index is 0. The van der Waals surface area contributed by atoms with Crippen molar-refractivity contribution in [2.75, 3.05) is 0 Å². The Bertz CT molecular complexity index is 220. The number of carboxylic acid groups (broad SMARTS) is 2. The molecule has 6 heteroatoms. The second kappa shape index (κ2) is 4.59. The van der Waals surface area contributed by atoms with Crippen LogP contribution < -0.4 is 34.7 Å². The summed E-state index contributed by atoms with van der Waals surface area (Å²) in [5, 5.41) is 18.3. The Morgan fingerprint density at radius 3 is 1.67 bits per heavy atom. The summed E-state index contributed by atoms with van der Waals surface area (Å²) in [5.41, 5.74) is -1.95. The molecule has 0 aromatic heterocycles. The molecule has 0 aliphatic carbocycles. The van der Waals surface area contributed by atoms with Gasteiger partial charge >= 0.3 is 35.5 Å². The van der Waals surface area contributed by atoms with Crippen molar-refractivity contribution in [2.45, 2.75) is 13.8 Å². The van der Waals surface area contributed by atoms with E-state index in [1.54, 1.807) is 0 Å². The van der Waals surface area contributed by atoms with Gasteiger partial charge in [0.25, 0.3) is 5.78 Å². The molecule has 0 bridgehead atoms. The molecule has 12 heavy (non-hydrogen) atoms. The molecule has 0 aliphatic heterocycles. The van der Waals surface area contributed by atoms with E-state index in [0.717, 1.165) is 13.8 Å². The van der Waals surface area contributed by atoms with Gasteiger partial charge in [0.1, 0.15) is 0 Å². The van der Waals surface area contributed by atoms with Crippen molar-refractivity contribution in [3.63, 3.8) is 0 Å². The van der Waals surface area contributed by atoms with Crippen LogP contribution in [0.4, 0.5) is 0 Å². The fourth-order valence-corrected chi connectivity index (χ4v) is 0.360. The van der Waals surface area contributed by atoms with Crippen molar-refractivity contribution in [2.24, 2.45) is 5.41 Å². The Labute approximate surface area is 91.1 Å². The molecule has 0 spiro atoms. The van der Waals surface area contributed by atoms with Crippen LogP contribution in [0.15, 0.2) is 0 Å². The number of carbonyl (C=O) groups excluding carboxylic acids is 2. The van der Waals surface area contributed by atoms with E-state index in [1.165, 1.54) is 0 Å². The van der Waals surface area contributed by atoms with Crippen LogP contribution in [0.1, 0.15) is 13.8 Å². The summed E-state index contributed by atoms with van der Waals surface area (Å²) in [5.74, 6) is -4.83. The topological polar surface area (TPSA) is 94.5 Å². The van der Waals surface area contributed by atoms with Gasteiger partial charge in [-0.3, -0.25) is 4.79 Å². The Morgan fingerprint density at radius 2 is 1.58 bits per heavy atom. The number of carboxylic acids is 2. The third-order valence-electron chi connectivity index (χ3n) is 1.27. The Morgan fingerprint density at radius 1 is 1.25 bits per heavy atom. The van der Waals surface area contributed by atoms with Crippen molar-refractivity contribution in [1.82, 2.24) is 0 Å². The van der Waals surface area contributed by atoms with E-state index in [9.17, 15) is 19.5 Å². The summed E-state index contributed by atoms with van der Waals surface area (Å²) in [6.45, 7) is 1.97. The van der Waals surface area contributed by atoms with Crippen LogP contribution in [0.3, 0.4) is 0 Å². The second-order valence-corrected chi connectivity index (χ2v) is 2.55. The van der Waals surface area contributed by atoms with Crippen LogP contribution in [0.2, 0.25) is 0 Å². The Hall–Kier alpha value is -0.390. The van der Waals surface area contributed by atoms with Crippen LogP contribution in [-0.4, -0.2) is 22.8 Å². The van der Waals surface area contributed by atoms with Gasteiger partial charge in [-0.1, -0.05) is 0 Å². The number of aliphatic carboxylic acids is 2. The molecule has 0 heterocycles. The summed E-state index contributed by atoms with van der Waals surface area (Å²) < 4.78 is 0. The van der Waals surface area contributed by atoms with Gasteiger partial charge in [-0.15, -0.1) is 0 Å². The molecule has 0 aromatic rings. The SMILES string of the molecule is CC(C)(C(=O)[O-])C(=O)C(=O)O.[Na+]. The standard InChI is InChI=1S/C6H8O5.Na/c1-6(2,5(10)11)3(7)4(8)9;/h1-2H3,(H,8,9)(H,10,11);/q;+1/p-1. The quantitative estimate of drug-likeness (QED) is 0.269. The minimum Gasteiger partial charge on any atom is -0.549 e. The number of hydrogen-bond acceptors (Lipinski definition) is 4. The summed E-state index contributed by atoms with van der Waals surface area (Å²) in [6.07, 6.45) is 0. The van der Waals surface area contributed by atoms with E-state index in [0.29, 0.717) is 0 Å². The van der Waals surface area contributed by atoms with E-state index in [2.05, 4.69) is 0 Å². The average Bonchev–Trinajstić information content (AvgIpc) is 1.85. The van der Waals surface area contributed by atoms with Crippen molar-refractivity contribution in [3.05, 3.63) is 0 Å². The van der Waals surface area contributed by atoms with Crippen molar-refractivity contribution >= 4 is 17.7 Å². The third-order valence-corrected chi connectivity index (χ3v) is 1.27. The van der Waals surface area contributed by atoms with Crippen LogP contribution in [-0.2, 0) is 14.4 Å². The first kappa shape index (κ1) is 14.2. The van der Waals surface area contributed by atoms with Crippen LogP contribution >= 0.6 is 0 Å². The molecule has 0 aromatic carbocycles. The van der Waals surface area contributed by atoms with E-state index in [4.69, 9.17) is 5.11 Å². The number of ketones is 1. The molecule has 0 rings (SSSR count). The van der Waals surface area contributed by atoms with Crippen molar-refractivity contribution in [1.29, 1.82) is 0 Å². The Balaban J connectivity index is 0. The second-order valence-electron chi connectivity index (χ2n) is 2.55. The molecule has 1 N–H and O–H groups in total. The van der Waals surface area contributed by atoms with Crippen LogP contribution in [0.5, 0.6) is 0 Å². The Kier molecular flexibility index (Phi) is 5.41. The first-order chi connectivity index (χ1) is 4.80. The van der Waals surface area contributed by atoms with E-state index < -0.39 is 23.1 Å². The van der Waals surface area contributed by atoms with Crippen LogP contribution in [0.25, 0.3) is 0 Å². The number of carbonyl (C=O) groups is 3. The monoisotopic (exact) mass is 182 g/mol. The van der Waals surface area contributed by atoms with Crippen molar-refractivity contribution in [3.8, 4) is 0 Å². The first-order valence-electron chi connectivity index (χ1n) is 2.79. The molecule has 0 unspecified atom stereocenters. The van der Waals surface area contributed by atoms with Gasteiger partial charge in [-0.05, 0) is 13.8 Å². The zero-order chi connectivity index (χ0) is 9.23. The van der Waals surface area contributed by atoms with Crippen LogP contribution in [0, 0.1) is 5.41 Å². The van der Waals surface area contributed by atoms with Gasteiger partial charge in [-0.25, -0.2) is 4.79 Å². The molecule has 0 atom stereocenters. The van der Waals surface area contributed by atoms with Gasteiger partial charge in [0.15, 0.2) is 0 Å². The largest absolute Gasteiger partial charge is 1.00 e. The van der Waals surface area contributed by atoms with Gasteiger partial charge in [0.2, 0.25) is 0 Å². The van der Waals surface area contributed by atoms with Gasteiger partial charge in [0.05, 0.1) is 11.4 Å². The predicted molar refractivity (Wildman–Crippen MR) is 31.4 cm³/mol. The molecular weight excluding hydrogens is 175 g/mol. The fraction of sp³-hybridized carbons (Fsp3) is 0.500. The van der Waals surface area contributed by atoms with Gasteiger partial charge < -0.3 is 15.0 Å². The maximum atomic E-state index is 10.6. The summed E-state index contributed by atoms with van der Waals surface area (Å²) in [4.78, 5) is 30.8. The molecule has 62 valence electrons. The van der Waals surface area contributed by atoms with E-state index in [1.807, 2.05) is 0 Å². The molecule has 0 saturated heterocycles. The molecular formula is C6H7NaO5. The molecule has 5 nitrogen and oxygen atoms in total. The number of rotatable bonds is 3. The molecule has 0 radical (unpaired) electrons. The first-order valence-corrected chi connectivity index (χ1v) is 2.79. The normalized spacial score (nSPS) is 9.83. The number of hydrogen-bond donors (Lipinski definition) is 1. The molecule has 0 fully saturated rings. The summed E-state index contributed by atoms with van der Waals surface area (Å²) in [7, 11) is 0. The van der Waals surface area contributed by atoms with E-state index >= 15 is 0 Å². The van der Waals surface area contributed by atoms with Crippen molar-refractivity contribution < 1.29 is 54.2 Å². The number of Topliss-reactive ketones (excluding diaryl/α,β-unsaturated/α-hetero) is 1. The zero-order valence-corrected chi connectivity index (χ0v) is 9.08. The maximum Gasteiger partial charge on any atom is 1.00 e. The zero-order valence-electron chi connectivity index (χ0n) is 7.08. The summed E-state index contributed by atoms with van der Waals surface area (Å²) in [6, 6.07) is 0. The molecule has 0 aliphatic rings. The van der Waals surface area contributed by atoms with Gasteiger partial charge in [0, 0.05) is 0 Å². The summed E-state index contributed by atoms with van der Waals surface area (Å²) >= 11 is 0. The molecule has 0 saturated carbocycles. The minimum atomic E-state index is -1.95. The van der Waals surface area contributed by atoms with Gasteiger partial charge in [-0.2, -0.15) is 0 Å². The maximum absolute atomic E-state index is 10.6. The average molecular weight is 182 g/mol. The molecule has 0 amide bonds. The smallest absolute Gasteiger partial charge is 0.549 e.